The highest BCUT2D eigenvalue weighted by Crippen LogP contribution is 2.27. The fourth-order valence-corrected chi connectivity index (χ4v) is 3.26. The Morgan fingerprint density at radius 3 is 2.71 bits per heavy atom. The molecule has 2 heterocycles. The molecule has 2 unspecified atom stereocenters. The van der Waals surface area contributed by atoms with Crippen molar-refractivity contribution >= 4 is 39.6 Å². The molecule has 2 N–H and O–H groups in total. The van der Waals surface area contributed by atoms with Gasteiger partial charge in [0.1, 0.15) is 12.1 Å². The van der Waals surface area contributed by atoms with Gasteiger partial charge in [-0.25, -0.2) is 0 Å². The van der Waals surface area contributed by atoms with Gasteiger partial charge < -0.3 is 10.6 Å². The molecule has 0 aromatic heterocycles. The minimum absolute atomic E-state index is 0.243. The second kappa shape index (κ2) is 6.35. The van der Waals surface area contributed by atoms with Crippen molar-refractivity contribution in [3.8, 4) is 0 Å². The van der Waals surface area contributed by atoms with Crippen LogP contribution in [-0.4, -0.2) is 47.2 Å². The Kier molecular flexibility index (Phi) is 4.40. The lowest BCUT2D eigenvalue weighted by atomic mass is 10.1. The van der Waals surface area contributed by atoms with Gasteiger partial charge in [0.05, 0.1) is 11.1 Å². The number of nitrogens with one attached hydrogen (secondary N) is 2. The molecule has 0 aliphatic carbocycles. The second-order valence-electron chi connectivity index (χ2n) is 5.84. The van der Waals surface area contributed by atoms with Gasteiger partial charge in [0, 0.05) is 11.0 Å². The monoisotopic (exact) mass is 393 g/mol. The maximum Gasteiger partial charge on any atom is 0.262 e. The Labute approximate surface area is 146 Å². The van der Waals surface area contributed by atoms with Gasteiger partial charge in [-0.05, 0) is 38.0 Å². The predicted molar refractivity (Wildman–Crippen MR) is 88.3 cm³/mol. The van der Waals surface area contributed by atoms with E-state index < -0.39 is 29.8 Å². The number of piperidine rings is 1. The zero-order valence-corrected chi connectivity index (χ0v) is 14.6. The summed E-state index contributed by atoms with van der Waals surface area (Å²) in [6.07, 6.45) is 1.31. The van der Waals surface area contributed by atoms with Crippen molar-refractivity contribution in [2.75, 3.05) is 6.54 Å². The maximum absolute atomic E-state index is 12.5. The lowest BCUT2D eigenvalue weighted by Gasteiger charge is -2.27. The number of imide groups is 1. The molecule has 1 aromatic rings. The zero-order chi connectivity index (χ0) is 17.4. The molecular formula is C16H16BrN3O4. The van der Waals surface area contributed by atoms with Crippen LogP contribution in [0.1, 0.15) is 40.5 Å². The standard InChI is InChI=1S/C16H16BrN3O4/c1-8(13(21)19-12-3-2-6-18-14(12)22)20-15(23)10-5-4-9(17)7-11(10)16(20)24/h4-5,7-8,12H,2-3,6H2,1H3,(H,18,22)(H,19,21). The number of carbonyl (C=O) groups is 4. The van der Waals surface area contributed by atoms with E-state index in [0.717, 1.165) is 11.3 Å². The van der Waals surface area contributed by atoms with Gasteiger partial charge in [0.15, 0.2) is 0 Å². The largest absolute Gasteiger partial charge is 0.354 e. The molecular weight excluding hydrogens is 378 g/mol. The van der Waals surface area contributed by atoms with Crippen molar-refractivity contribution in [3.63, 3.8) is 0 Å². The first kappa shape index (κ1) is 16.6. The minimum atomic E-state index is -0.995. The third kappa shape index (κ3) is 2.82. The molecule has 7 nitrogen and oxygen atoms in total. The minimum Gasteiger partial charge on any atom is -0.354 e. The van der Waals surface area contributed by atoms with Crippen LogP contribution in [0.25, 0.3) is 0 Å². The summed E-state index contributed by atoms with van der Waals surface area (Å²) >= 11 is 3.26. The molecule has 1 saturated heterocycles. The molecule has 4 amide bonds. The van der Waals surface area contributed by atoms with Crippen LogP contribution < -0.4 is 10.6 Å². The van der Waals surface area contributed by atoms with Gasteiger partial charge in [-0.1, -0.05) is 15.9 Å². The highest BCUT2D eigenvalue weighted by atomic mass is 79.9. The van der Waals surface area contributed by atoms with E-state index in [2.05, 4.69) is 26.6 Å². The van der Waals surface area contributed by atoms with E-state index in [-0.39, 0.29) is 17.0 Å². The molecule has 2 aliphatic heterocycles. The third-order valence-electron chi connectivity index (χ3n) is 4.25. The summed E-state index contributed by atoms with van der Waals surface area (Å²) in [6.45, 7) is 2.07. The summed E-state index contributed by atoms with van der Waals surface area (Å²) in [5.41, 5.74) is 0.544. The van der Waals surface area contributed by atoms with Gasteiger partial charge in [-0.15, -0.1) is 0 Å². The second-order valence-corrected chi connectivity index (χ2v) is 6.76. The van der Waals surface area contributed by atoms with Crippen LogP contribution in [0.5, 0.6) is 0 Å². The molecule has 0 spiro atoms. The van der Waals surface area contributed by atoms with E-state index in [1.807, 2.05) is 0 Å². The normalized spacial score (nSPS) is 21.3. The van der Waals surface area contributed by atoms with Crippen LogP contribution in [0.4, 0.5) is 0 Å². The summed E-state index contributed by atoms with van der Waals surface area (Å²) in [6, 6.07) is 3.17. The maximum atomic E-state index is 12.5. The zero-order valence-electron chi connectivity index (χ0n) is 13.0. The molecule has 24 heavy (non-hydrogen) atoms. The van der Waals surface area contributed by atoms with Crippen LogP contribution in [0, 0.1) is 0 Å². The van der Waals surface area contributed by atoms with Crippen LogP contribution in [-0.2, 0) is 9.59 Å². The van der Waals surface area contributed by atoms with E-state index in [0.29, 0.717) is 17.4 Å². The van der Waals surface area contributed by atoms with Gasteiger partial charge in [-0.2, -0.15) is 0 Å². The summed E-state index contributed by atoms with van der Waals surface area (Å²) in [5, 5.41) is 5.30. The third-order valence-corrected chi connectivity index (χ3v) is 4.74. The Balaban J connectivity index is 1.76. The van der Waals surface area contributed by atoms with Crippen molar-refractivity contribution in [2.24, 2.45) is 0 Å². The van der Waals surface area contributed by atoms with E-state index in [1.54, 1.807) is 18.2 Å². The highest BCUT2D eigenvalue weighted by molar-refractivity contribution is 9.10. The molecule has 1 fully saturated rings. The quantitative estimate of drug-likeness (QED) is 0.743. The number of amides is 4. The smallest absolute Gasteiger partial charge is 0.262 e. The lowest BCUT2D eigenvalue weighted by molar-refractivity contribution is -0.131. The number of benzene rings is 1. The topological polar surface area (TPSA) is 95.6 Å². The van der Waals surface area contributed by atoms with E-state index >= 15 is 0 Å². The van der Waals surface area contributed by atoms with E-state index in [9.17, 15) is 19.2 Å². The van der Waals surface area contributed by atoms with Crippen LogP contribution >= 0.6 is 15.9 Å². The predicted octanol–water partition coefficient (Wildman–Crippen LogP) is 0.828. The molecule has 3 rings (SSSR count). The molecule has 2 aliphatic rings. The van der Waals surface area contributed by atoms with Crippen molar-refractivity contribution in [1.29, 1.82) is 0 Å². The Hall–Kier alpha value is -2.22. The fourth-order valence-electron chi connectivity index (χ4n) is 2.90. The average Bonchev–Trinajstić information content (AvgIpc) is 2.79. The molecule has 126 valence electrons. The van der Waals surface area contributed by atoms with Crippen molar-refractivity contribution in [2.45, 2.75) is 31.8 Å². The number of rotatable bonds is 3. The summed E-state index contributed by atoms with van der Waals surface area (Å²) in [4.78, 5) is 50.0. The van der Waals surface area contributed by atoms with E-state index in [1.165, 1.54) is 6.92 Å². The SMILES string of the molecule is CC(C(=O)NC1CCCNC1=O)N1C(=O)c2ccc(Br)cc2C1=O. The molecule has 8 heteroatoms. The number of nitrogens with zero attached hydrogens (tertiary/aromatic N) is 1. The first-order valence-electron chi connectivity index (χ1n) is 7.65. The Morgan fingerprint density at radius 1 is 1.29 bits per heavy atom. The Bertz CT molecular complexity index is 749. The lowest BCUT2D eigenvalue weighted by Crippen LogP contribution is -2.55. The van der Waals surface area contributed by atoms with Gasteiger partial charge in [0.25, 0.3) is 11.8 Å². The van der Waals surface area contributed by atoms with Crippen molar-refractivity contribution < 1.29 is 19.2 Å². The number of halogens is 1. The number of carbonyl (C=O) groups excluding carboxylic acids is 4. The highest BCUT2D eigenvalue weighted by Gasteiger charge is 2.41. The average molecular weight is 394 g/mol. The van der Waals surface area contributed by atoms with Crippen LogP contribution in [0.15, 0.2) is 22.7 Å². The van der Waals surface area contributed by atoms with Gasteiger partial charge in [0.2, 0.25) is 11.8 Å². The van der Waals surface area contributed by atoms with Crippen molar-refractivity contribution in [3.05, 3.63) is 33.8 Å². The molecule has 0 bridgehead atoms. The first-order valence-corrected chi connectivity index (χ1v) is 8.45. The van der Waals surface area contributed by atoms with Gasteiger partial charge >= 0.3 is 0 Å². The molecule has 1 aromatic carbocycles. The fraction of sp³-hybridized carbons (Fsp3) is 0.375. The van der Waals surface area contributed by atoms with Crippen LogP contribution in [0.3, 0.4) is 0 Å². The Morgan fingerprint density at radius 2 is 2.00 bits per heavy atom. The number of hydrogen-bond acceptors (Lipinski definition) is 4. The summed E-state index contributed by atoms with van der Waals surface area (Å²) in [5.74, 6) is -1.77. The van der Waals surface area contributed by atoms with E-state index in [4.69, 9.17) is 0 Å². The molecule has 2 atom stereocenters. The first-order chi connectivity index (χ1) is 11.4. The van der Waals surface area contributed by atoms with Gasteiger partial charge in [-0.3, -0.25) is 24.1 Å². The molecule has 0 radical (unpaired) electrons. The molecule has 0 saturated carbocycles. The number of fused-ring (bicyclic) bond motifs is 1. The number of hydrogen-bond donors (Lipinski definition) is 2. The van der Waals surface area contributed by atoms with Crippen LogP contribution in [0.2, 0.25) is 0 Å². The summed E-state index contributed by atoms with van der Waals surface area (Å²) < 4.78 is 0.681. The summed E-state index contributed by atoms with van der Waals surface area (Å²) in [7, 11) is 0. The van der Waals surface area contributed by atoms with Crippen molar-refractivity contribution in [1.82, 2.24) is 15.5 Å².